The molecule has 0 aliphatic rings. The van der Waals surface area contributed by atoms with Crippen molar-refractivity contribution in [3.63, 3.8) is 0 Å². The highest BCUT2D eigenvalue weighted by atomic mass is 32.2. The minimum absolute atomic E-state index is 0.156. The number of aromatic amines is 1. The molecule has 128 valence electrons. The van der Waals surface area contributed by atoms with Crippen LogP contribution >= 0.6 is 11.8 Å². The van der Waals surface area contributed by atoms with Gasteiger partial charge in [0, 0.05) is 0 Å². The highest BCUT2D eigenvalue weighted by molar-refractivity contribution is 8.00. The van der Waals surface area contributed by atoms with Crippen LogP contribution in [0.1, 0.15) is 16.4 Å². The Morgan fingerprint density at radius 1 is 1.24 bits per heavy atom. The van der Waals surface area contributed by atoms with Gasteiger partial charge in [0.1, 0.15) is 17.3 Å². The van der Waals surface area contributed by atoms with Crippen molar-refractivity contribution in [1.29, 1.82) is 0 Å². The van der Waals surface area contributed by atoms with Gasteiger partial charge < -0.3 is 10.1 Å². The molecule has 0 aliphatic carbocycles. The van der Waals surface area contributed by atoms with Gasteiger partial charge in [-0.3, -0.25) is 9.89 Å². The molecule has 1 amide bonds. The molecule has 25 heavy (non-hydrogen) atoms. The van der Waals surface area contributed by atoms with Crippen LogP contribution < -0.4 is 10.1 Å². The maximum atomic E-state index is 13.0. The van der Waals surface area contributed by atoms with Crippen LogP contribution in [0, 0.1) is 6.92 Å². The molecule has 2 aromatic carbocycles. The van der Waals surface area contributed by atoms with Gasteiger partial charge in [0.2, 0.25) is 5.91 Å². The van der Waals surface area contributed by atoms with Crippen molar-refractivity contribution in [2.75, 3.05) is 12.4 Å². The number of amides is 1. The average Bonchev–Trinajstić information content (AvgIpc) is 3.14. The Balaban J connectivity index is 1.88. The summed E-state index contributed by atoms with van der Waals surface area (Å²) in [5.74, 6) is 0.465. The average molecular weight is 354 g/mol. The van der Waals surface area contributed by atoms with Crippen molar-refractivity contribution in [3.8, 4) is 5.75 Å². The van der Waals surface area contributed by atoms with E-state index in [-0.39, 0.29) is 5.91 Å². The lowest BCUT2D eigenvalue weighted by Crippen LogP contribution is -2.19. The van der Waals surface area contributed by atoms with Crippen LogP contribution in [0.25, 0.3) is 0 Å². The molecule has 3 rings (SSSR count). The fraction of sp³-hybridized carbons (Fsp3) is 0.167. The molecule has 0 aliphatic heterocycles. The molecule has 1 aromatic heterocycles. The number of benzene rings is 2. The van der Waals surface area contributed by atoms with Crippen molar-refractivity contribution in [3.05, 3.63) is 66.0 Å². The van der Waals surface area contributed by atoms with E-state index in [1.165, 1.54) is 18.1 Å². The summed E-state index contributed by atoms with van der Waals surface area (Å²) >= 11 is 1.31. The van der Waals surface area contributed by atoms with Gasteiger partial charge in [-0.25, -0.2) is 4.98 Å². The normalized spacial score (nSPS) is 11.8. The molecule has 0 spiro atoms. The summed E-state index contributed by atoms with van der Waals surface area (Å²) < 4.78 is 5.34. The molecule has 0 saturated carbocycles. The van der Waals surface area contributed by atoms with E-state index in [0.29, 0.717) is 16.6 Å². The van der Waals surface area contributed by atoms with E-state index in [4.69, 9.17) is 4.74 Å². The Hall–Kier alpha value is -2.80. The van der Waals surface area contributed by atoms with E-state index in [1.807, 2.05) is 55.5 Å². The van der Waals surface area contributed by atoms with Gasteiger partial charge in [-0.2, -0.15) is 5.10 Å². The van der Waals surface area contributed by atoms with Crippen molar-refractivity contribution in [1.82, 2.24) is 15.2 Å². The first-order chi connectivity index (χ1) is 12.2. The van der Waals surface area contributed by atoms with Crippen LogP contribution in [0.5, 0.6) is 5.75 Å². The van der Waals surface area contributed by atoms with Crippen LogP contribution in [0.2, 0.25) is 0 Å². The van der Waals surface area contributed by atoms with Crippen molar-refractivity contribution < 1.29 is 9.53 Å². The second kappa shape index (κ2) is 7.85. The number of aryl methyl sites for hydroxylation is 1. The predicted molar refractivity (Wildman–Crippen MR) is 97.8 cm³/mol. The van der Waals surface area contributed by atoms with Crippen LogP contribution in [-0.4, -0.2) is 28.2 Å². The quantitative estimate of drug-likeness (QED) is 0.661. The van der Waals surface area contributed by atoms with E-state index in [2.05, 4.69) is 20.5 Å². The standard InChI is InChI=1S/C18H18N4O2S/c1-12-8-9-15(24-2)14(10-12)21-17(23)16(13-6-4-3-5-7-13)25-18-19-11-20-22-18/h3-11,16H,1-2H3,(H,21,23)(H,19,20,22)/t16-/m0/s1. The van der Waals surface area contributed by atoms with Crippen molar-refractivity contribution in [2.24, 2.45) is 0 Å². The molecular weight excluding hydrogens is 336 g/mol. The zero-order chi connectivity index (χ0) is 17.6. The number of rotatable bonds is 6. The highest BCUT2D eigenvalue weighted by Gasteiger charge is 2.24. The van der Waals surface area contributed by atoms with Crippen LogP contribution in [0.15, 0.2) is 60.0 Å². The van der Waals surface area contributed by atoms with Crippen LogP contribution in [0.4, 0.5) is 5.69 Å². The van der Waals surface area contributed by atoms with Gasteiger partial charge in [-0.15, -0.1) is 0 Å². The number of thioether (sulfide) groups is 1. The number of hydrogen-bond acceptors (Lipinski definition) is 5. The van der Waals surface area contributed by atoms with E-state index >= 15 is 0 Å². The largest absolute Gasteiger partial charge is 0.495 e. The molecular formula is C18H18N4O2S. The topological polar surface area (TPSA) is 79.9 Å². The Labute approximate surface area is 150 Å². The van der Waals surface area contributed by atoms with E-state index in [1.54, 1.807) is 7.11 Å². The fourth-order valence-corrected chi connectivity index (χ4v) is 3.28. The zero-order valence-electron chi connectivity index (χ0n) is 13.9. The number of carbonyl (C=O) groups excluding carboxylic acids is 1. The zero-order valence-corrected chi connectivity index (χ0v) is 14.7. The summed E-state index contributed by atoms with van der Waals surface area (Å²) in [7, 11) is 1.58. The van der Waals surface area contributed by atoms with Gasteiger partial charge in [-0.1, -0.05) is 48.2 Å². The summed E-state index contributed by atoms with van der Waals surface area (Å²) in [5.41, 5.74) is 2.56. The molecule has 0 fully saturated rings. The van der Waals surface area contributed by atoms with Gasteiger partial charge in [0.05, 0.1) is 12.8 Å². The van der Waals surface area contributed by atoms with Gasteiger partial charge in [0.25, 0.3) is 0 Å². The second-order valence-corrected chi connectivity index (χ2v) is 6.49. The third-order valence-electron chi connectivity index (χ3n) is 3.58. The Morgan fingerprint density at radius 3 is 2.72 bits per heavy atom. The summed E-state index contributed by atoms with van der Waals surface area (Å²) in [6.07, 6.45) is 1.42. The molecule has 6 nitrogen and oxygen atoms in total. The first-order valence-electron chi connectivity index (χ1n) is 7.70. The molecule has 2 N–H and O–H groups in total. The first-order valence-corrected chi connectivity index (χ1v) is 8.58. The molecule has 3 aromatic rings. The molecule has 0 radical (unpaired) electrons. The number of hydrogen-bond donors (Lipinski definition) is 2. The number of ether oxygens (including phenoxy) is 1. The first kappa shape index (κ1) is 17.0. The Bertz CT molecular complexity index is 838. The number of nitrogens with zero attached hydrogens (tertiary/aromatic N) is 2. The van der Waals surface area contributed by atoms with Crippen molar-refractivity contribution >= 4 is 23.4 Å². The maximum absolute atomic E-state index is 13.0. The SMILES string of the molecule is COc1ccc(C)cc1NC(=O)[C@@H](Sc1ncn[nH]1)c1ccccc1. The Kier molecular flexibility index (Phi) is 5.35. The summed E-state index contributed by atoms with van der Waals surface area (Å²) in [6, 6.07) is 15.2. The third kappa shape index (κ3) is 4.19. The van der Waals surface area contributed by atoms with E-state index in [9.17, 15) is 4.79 Å². The second-order valence-electron chi connectivity index (χ2n) is 5.39. The molecule has 0 unspecified atom stereocenters. The summed E-state index contributed by atoms with van der Waals surface area (Å²) in [4.78, 5) is 17.1. The number of carbonyl (C=O) groups is 1. The minimum Gasteiger partial charge on any atom is -0.495 e. The Morgan fingerprint density at radius 2 is 2.04 bits per heavy atom. The molecule has 7 heteroatoms. The number of H-pyrrole nitrogens is 1. The van der Waals surface area contributed by atoms with Crippen molar-refractivity contribution in [2.45, 2.75) is 17.3 Å². The highest BCUT2D eigenvalue weighted by Crippen LogP contribution is 2.35. The molecule has 0 bridgehead atoms. The third-order valence-corrected chi connectivity index (χ3v) is 4.72. The fourth-order valence-electron chi connectivity index (χ4n) is 2.38. The number of methoxy groups -OCH3 is 1. The summed E-state index contributed by atoms with van der Waals surface area (Å²) in [6.45, 7) is 1.97. The smallest absolute Gasteiger partial charge is 0.242 e. The van der Waals surface area contributed by atoms with Gasteiger partial charge >= 0.3 is 0 Å². The summed E-state index contributed by atoms with van der Waals surface area (Å²) in [5, 5.41) is 9.70. The number of nitrogens with one attached hydrogen (secondary N) is 2. The van der Waals surface area contributed by atoms with Gasteiger partial charge in [0.15, 0.2) is 5.16 Å². The van der Waals surface area contributed by atoms with Crippen LogP contribution in [-0.2, 0) is 4.79 Å². The van der Waals surface area contributed by atoms with E-state index < -0.39 is 5.25 Å². The molecule has 1 atom stereocenters. The monoisotopic (exact) mass is 354 g/mol. The lowest BCUT2D eigenvalue weighted by Gasteiger charge is -2.17. The maximum Gasteiger partial charge on any atom is 0.242 e. The lowest BCUT2D eigenvalue weighted by atomic mass is 10.1. The number of anilines is 1. The van der Waals surface area contributed by atoms with Crippen LogP contribution in [0.3, 0.4) is 0 Å². The molecule has 1 heterocycles. The van der Waals surface area contributed by atoms with E-state index in [0.717, 1.165) is 11.1 Å². The lowest BCUT2D eigenvalue weighted by molar-refractivity contribution is -0.115. The predicted octanol–water partition coefficient (Wildman–Crippen LogP) is 3.59. The number of aromatic nitrogens is 3. The minimum atomic E-state index is -0.473. The van der Waals surface area contributed by atoms with Gasteiger partial charge in [-0.05, 0) is 30.2 Å². The molecule has 0 saturated heterocycles.